The lowest BCUT2D eigenvalue weighted by Crippen LogP contribution is -2.59. The third kappa shape index (κ3) is 4.10. The lowest BCUT2D eigenvalue weighted by molar-refractivity contribution is -0.0717. The van der Waals surface area contributed by atoms with Crippen molar-refractivity contribution in [3.8, 4) is 0 Å². The molecule has 23 heavy (non-hydrogen) atoms. The molecule has 0 radical (unpaired) electrons. The topological polar surface area (TPSA) is 41.9 Å². The summed E-state index contributed by atoms with van der Waals surface area (Å²) < 4.78 is 25.0. The SMILES string of the molecule is CC1(c2ccccc2F)CN(CC(O)COC2CCOCC2)C1. The Hall–Kier alpha value is -1.01. The number of rotatable bonds is 6. The summed E-state index contributed by atoms with van der Waals surface area (Å²) in [6.07, 6.45) is 1.52. The van der Waals surface area contributed by atoms with Crippen LogP contribution >= 0.6 is 0 Å². The Balaban J connectivity index is 1.41. The molecule has 1 N–H and O–H groups in total. The van der Waals surface area contributed by atoms with Gasteiger partial charge in [0, 0.05) is 38.3 Å². The van der Waals surface area contributed by atoms with E-state index in [0.717, 1.165) is 44.7 Å². The van der Waals surface area contributed by atoms with E-state index in [1.54, 1.807) is 6.07 Å². The Morgan fingerprint density at radius 3 is 2.74 bits per heavy atom. The molecule has 2 aliphatic rings. The normalized spacial score (nSPS) is 23.4. The van der Waals surface area contributed by atoms with Crippen LogP contribution in [-0.4, -0.2) is 61.7 Å². The number of ether oxygens (including phenoxy) is 2. The zero-order valence-corrected chi connectivity index (χ0v) is 13.7. The highest BCUT2D eigenvalue weighted by atomic mass is 19.1. The number of halogens is 1. The molecule has 0 saturated carbocycles. The molecule has 1 unspecified atom stereocenters. The average molecular weight is 323 g/mol. The molecule has 3 rings (SSSR count). The van der Waals surface area contributed by atoms with Crippen molar-refractivity contribution in [3.63, 3.8) is 0 Å². The summed E-state index contributed by atoms with van der Waals surface area (Å²) in [4.78, 5) is 2.16. The monoisotopic (exact) mass is 323 g/mol. The smallest absolute Gasteiger partial charge is 0.127 e. The van der Waals surface area contributed by atoms with E-state index in [1.807, 2.05) is 12.1 Å². The van der Waals surface area contributed by atoms with Gasteiger partial charge >= 0.3 is 0 Å². The maximum absolute atomic E-state index is 13.9. The van der Waals surface area contributed by atoms with Gasteiger partial charge in [-0.3, -0.25) is 4.90 Å². The van der Waals surface area contributed by atoms with Crippen LogP contribution in [0.15, 0.2) is 24.3 Å². The molecular weight excluding hydrogens is 297 g/mol. The fraction of sp³-hybridized carbons (Fsp3) is 0.667. The fourth-order valence-corrected chi connectivity index (χ4v) is 3.63. The molecule has 1 atom stereocenters. The molecule has 128 valence electrons. The van der Waals surface area contributed by atoms with E-state index in [-0.39, 0.29) is 17.3 Å². The summed E-state index contributed by atoms with van der Waals surface area (Å²) in [6, 6.07) is 6.97. The van der Waals surface area contributed by atoms with Gasteiger partial charge in [0.25, 0.3) is 0 Å². The third-order valence-electron chi connectivity index (χ3n) is 4.83. The van der Waals surface area contributed by atoms with Crippen molar-refractivity contribution < 1.29 is 19.0 Å². The van der Waals surface area contributed by atoms with Crippen LogP contribution in [0.5, 0.6) is 0 Å². The van der Waals surface area contributed by atoms with Gasteiger partial charge in [-0.25, -0.2) is 4.39 Å². The quantitative estimate of drug-likeness (QED) is 0.869. The van der Waals surface area contributed by atoms with Gasteiger partial charge in [0.05, 0.1) is 18.8 Å². The van der Waals surface area contributed by atoms with Gasteiger partial charge in [-0.15, -0.1) is 0 Å². The first-order valence-corrected chi connectivity index (χ1v) is 8.42. The highest BCUT2D eigenvalue weighted by Gasteiger charge is 2.42. The fourth-order valence-electron chi connectivity index (χ4n) is 3.63. The lowest BCUT2D eigenvalue weighted by Gasteiger charge is -2.49. The summed E-state index contributed by atoms with van der Waals surface area (Å²) in [6.45, 7) is 6.03. The van der Waals surface area contributed by atoms with E-state index in [1.165, 1.54) is 6.07 Å². The van der Waals surface area contributed by atoms with Crippen molar-refractivity contribution in [2.24, 2.45) is 0 Å². The number of aliphatic hydroxyl groups excluding tert-OH is 1. The molecule has 2 fully saturated rings. The number of likely N-dealkylation sites (tertiary alicyclic amines) is 1. The number of nitrogens with zero attached hydrogens (tertiary/aromatic N) is 1. The van der Waals surface area contributed by atoms with Gasteiger partial charge in [0.2, 0.25) is 0 Å². The predicted molar refractivity (Wildman–Crippen MR) is 86.0 cm³/mol. The van der Waals surface area contributed by atoms with Crippen molar-refractivity contribution >= 4 is 0 Å². The Morgan fingerprint density at radius 2 is 2.04 bits per heavy atom. The first kappa shape index (κ1) is 16.8. The maximum Gasteiger partial charge on any atom is 0.127 e. The average Bonchev–Trinajstić information content (AvgIpc) is 2.53. The first-order chi connectivity index (χ1) is 11.1. The van der Waals surface area contributed by atoms with E-state index >= 15 is 0 Å². The van der Waals surface area contributed by atoms with Crippen molar-refractivity contribution in [1.29, 1.82) is 0 Å². The second-order valence-electron chi connectivity index (χ2n) is 7.01. The predicted octanol–water partition coefficient (Wildman–Crippen LogP) is 1.96. The van der Waals surface area contributed by atoms with Crippen molar-refractivity contribution in [1.82, 2.24) is 4.90 Å². The van der Waals surface area contributed by atoms with Gasteiger partial charge in [0.1, 0.15) is 5.82 Å². The molecule has 0 aliphatic carbocycles. The first-order valence-electron chi connectivity index (χ1n) is 8.42. The van der Waals surface area contributed by atoms with Gasteiger partial charge in [-0.1, -0.05) is 25.1 Å². The summed E-state index contributed by atoms with van der Waals surface area (Å²) >= 11 is 0. The zero-order chi connectivity index (χ0) is 16.3. The molecule has 1 aromatic rings. The van der Waals surface area contributed by atoms with E-state index in [9.17, 15) is 9.50 Å². The second kappa shape index (κ2) is 7.26. The van der Waals surface area contributed by atoms with Crippen LogP contribution in [0.25, 0.3) is 0 Å². The van der Waals surface area contributed by atoms with Crippen LogP contribution in [0.3, 0.4) is 0 Å². The molecule has 0 amide bonds. The molecule has 1 aromatic carbocycles. The van der Waals surface area contributed by atoms with Gasteiger partial charge < -0.3 is 14.6 Å². The van der Waals surface area contributed by atoms with Crippen LogP contribution in [0.2, 0.25) is 0 Å². The van der Waals surface area contributed by atoms with Crippen LogP contribution in [0.4, 0.5) is 4.39 Å². The van der Waals surface area contributed by atoms with Gasteiger partial charge in [-0.2, -0.15) is 0 Å². The van der Waals surface area contributed by atoms with Crippen LogP contribution in [-0.2, 0) is 14.9 Å². The highest BCUT2D eigenvalue weighted by Crippen LogP contribution is 2.35. The Morgan fingerprint density at radius 1 is 1.35 bits per heavy atom. The van der Waals surface area contributed by atoms with Crippen LogP contribution in [0, 0.1) is 5.82 Å². The Bertz CT molecular complexity index is 513. The zero-order valence-electron chi connectivity index (χ0n) is 13.7. The molecule has 4 nitrogen and oxygen atoms in total. The number of benzene rings is 1. The largest absolute Gasteiger partial charge is 0.389 e. The molecule has 0 aromatic heterocycles. The minimum absolute atomic E-state index is 0.141. The maximum atomic E-state index is 13.9. The van der Waals surface area contributed by atoms with Gasteiger partial charge in [-0.05, 0) is 24.5 Å². The minimum Gasteiger partial charge on any atom is -0.389 e. The number of hydrogen-bond donors (Lipinski definition) is 1. The molecule has 2 heterocycles. The molecule has 5 heteroatoms. The molecule has 0 spiro atoms. The summed E-state index contributed by atoms with van der Waals surface area (Å²) in [5, 5.41) is 10.1. The molecule has 0 bridgehead atoms. The van der Waals surface area contributed by atoms with E-state index in [2.05, 4.69) is 11.8 Å². The van der Waals surface area contributed by atoms with Gasteiger partial charge in [0.15, 0.2) is 0 Å². The molecular formula is C18H26FNO3. The molecule has 2 aliphatic heterocycles. The van der Waals surface area contributed by atoms with Crippen LogP contribution in [0.1, 0.15) is 25.3 Å². The number of aliphatic hydroxyl groups is 1. The Labute approximate surface area is 137 Å². The van der Waals surface area contributed by atoms with E-state index in [0.29, 0.717) is 13.2 Å². The van der Waals surface area contributed by atoms with E-state index in [4.69, 9.17) is 9.47 Å². The lowest BCUT2D eigenvalue weighted by atomic mass is 9.75. The Kier molecular flexibility index (Phi) is 5.31. The summed E-state index contributed by atoms with van der Waals surface area (Å²) in [7, 11) is 0. The van der Waals surface area contributed by atoms with Crippen molar-refractivity contribution in [2.75, 3.05) is 39.5 Å². The highest BCUT2D eigenvalue weighted by molar-refractivity contribution is 5.30. The number of hydrogen-bond acceptors (Lipinski definition) is 4. The van der Waals surface area contributed by atoms with Crippen molar-refractivity contribution in [3.05, 3.63) is 35.6 Å². The number of β-amino-alcohol motifs (C(OH)–C–C–N with tert-alkyl or cyclic N) is 1. The summed E-state index contributed by atoms with van der Waals surface area (Å²) in [5.74, 6) is -0.141. The minimum atomic E-state index is -0.497. The molecule has 2 saturated heterocycles. The summed E-state index contributed by atoms with van der Waals surface area (Å²) in [5.41, 5.74) is 0.608. The van der Waals surface area contributed by atoms with Crippen molar-refractivity contribution in [2.45, 2.75) is 37.4 Å². The van der Waals surface area contributed by atoms with Crippen LogP contribution < -0.4 is 0 Å². The second-order valence-corrected chi connectivity index (χ2v) is 7.01. The standard InChI is InChI=1S/C18H26FNO3/c1-18(16-4-2-3-5-17(16)19)12-20(13-18)10-14(21)11-23-15-6-8-22-9-7-15/h2-5,14-15,21H,6-13H2,1H3. The van der Waals surface area contributed by atoms with E-state index < -0.39 is 6.10 Å². The third-order valence-corrected chi connectivity index (χ3v) is 4.83.